The van der Waals surface area contributed by atoms with Crippen LogP contribution in [0.15, 0.2) is 191 Å². The Labute approximate surface area is 366 Å². The lowest BCUT2D eigenvalue weighted by molar-refractivity contribution is 0.566. The highest BCUT2D eigenvalue weighted by molar-refractivity contribution is 6.19. The predicted molar refractivity (Wildman–Crippen MR) is 266 cm³/mol. The summed E-state index contributed by atoms with van der Waals surface area (Å²) in [7, 11) is 0. The number of nitrogens with zero attached hydrogens (tertiary/aromatic N) is 1. The molecule has 2 aliphatic carbocycles. The molecule has 3 aromatic heterocycles. The number of rotatable bonds is 7. The van der Waals surface area contributed by atoms with Crippen molar-refractivity contribution in [1.29, 1.82) is 0 Å². The van der Waals surface area contributed by atoms with E-state index in [4.69, 9.17) is 8.83 Å². The second-order valence-corrected chi connectivity index (χ2v) is 17.0. The second kappa shape index (κ2) is 14.8. The van der Waals surface area contributed by atoms with Gasteiger partial charge in [0.1, 0.15) is 22.5 Å². The standard InChI is InChI=1S/C60H45NO2/c1-4-18-48-54(5-2)62-56-30-17-28-52(58(48)56)61-51-33-31-40(43-26-16-27-47-44-24-14-15-29-55(44)63-60(43)47)36-50(51)59-53(61)34-32-46-49(37(3)41-22-12-13-25-45(41)57(46)59)35-39-21-10-11-23-42(39)38-19-8-6-7-9-20-38/h4-8,10-34,36-37,49H,2,9,35H2,1,3H3/b18-4-. The Morgan fingerprint density at radius 1 is 0.683 bits per heavy atom. The fourth-order valence-corrected chi connectivity index (χ4v) is 10.9. The zero-order chi connectivity index (χ0) is 42.2. The van der Waals surface area contributed by atoms with Gasteiger partial charge < -0.3 is 13.4 Å². The molecule has 10 aromatic rings. The molecule has 2 aliphatic rings. The van der Waals surface area contributed by atoms with Gasteiger partial charge in [0.05, 0.1) is 22.1 Å². The molecule has 0 amide bonds. The third kappa shape index (κ3) is 5.73. The van der Waals surface area contributed by atoms with Crippen LogP contribution in [0, 0.1) is 0 Å². The van der Waals surface area contributed by atoms with Crippen LogP contribution in [0.4, 0.5) is 0 Å². The number of fused-ring (bicyclic) bond motifs is 11. The van der Waals surface area contributed by atoms with Crippen molar-refractivity contribution in [1.82, 2.24) is 4.57 Å². The molecule has 7 aromatic carbocycles. The van der Waals surface area contributed by atoms with Gasteiger partial charge in [-0.25, -0.2) is 0 Å². The lowest BCUT2D eigenvalue weighted by Crippen LogP contribution is -2.18. The monoisotopic (exact) mass is 811 g/mol. The van der Waals surface area contributed by atoms with E-state index in [1.54, 1.807) is 0 Å². The molecule has 0 N–H and O–H groups in total. The van der Waals surface area contributed by atoms with Crippen LogP contribution < -0.4 is 0 Å². The zero-order valence-corrected chi connectivity index (χ0v) is 35.4. The highest BCUT2D eigenvalue weighted by Gasteiger charge is 2.34. The van der Waals surface area contributed by atoms with Crippen molar-refractivity contribution in [2.45, 2.75) is 38.5 Å². The lowest BCUT2D eigenvalue weighted by Gasteiger charge is -2.35. The first-order valence-electron chi connectivity index (χ1n) is 22.1. The van der Waals surface area contributed by atoms with Crippen molar-refractivity contribution < 1.29 is 8.83 Å². The third-order valence-electron chi connectivity index (χ3n) is 13.7. The van der Waals surface area contributed by atoms with Gasteiger partial charge in [-0.15, -0.1) is 0 Å². The molecular weight excluding hydrogens is 767 g/mol. The Morgan fingerprint density at radius 3 is 2.37 bits per heavy atom. The summed E-state index contributed by atoms with van der Waals surface area (Å²) in [6, 6.07) is 51.3. The minimum absolute atomic E-state index is 0.244. The Kier molecular flexibility index (Phi) is 8.72. The van der Waals surface area contributed by atoms with Crippen molar-refractivity contribution in [3.63, 3.8) is 0 Å². The van der Waals surface area contributed by atoms with Crippen LogP contribution >= 0.6 is 0 Å². The molecule has 0 radical (unpaired) electrons. The topological polar surface area (TPSA) is 31.2 Å². The largest absolute Gasteiger partial charge is 0.456 e. The Balaban J connectivity index is 1.16. The van der Waals surface area contributed by atoms with Crippen LogP contribution in [0.5, 0.6) is 0 Å². The smallest absolute Gasteiger partial charge is 0.143 e. The minimum Gasteiger partial charge on any atom is -0.456 e. The van der Waals surface area contributed by atoms with Crippen LogP contribution in [-0.2, 0) is 6.42 Å². The summed E-state index contributed by atoms with van der Waals surface area (Å²) in [5, 5.41) is 5.79. The summed E-state index contributed by atoms with van der Waals surface area (Å²) in [5.74, 6) is 1.32. The molecule has 2 unspecified atom stereocenters. The van der Waals surface area contributed by atoms with Crippen LogP contribution in [0.25, 0.3) is 100 Å². The van der Waals surface area contributed by atoms with Gasteiger partial charge in [-0.05, 0) is 119 Å². The van der Waals surface area contributed by atoms with E-state index in [1.165, 1.54) is 49.7 Å². The van der Waals surface area contributed by atoms with Gasteiger partial charge >= 0.3 is 0 Å². The minimum atomic E-state index is 0.244. The summed E-state index contributed by atoms with van der Waals surface area (Å²) in [6.45, 7) is 8.62. The van der Waals surface area contributed by atoms with Gasteiger partial charge in [-0.3, -0.25) is 0 Å². The molecule has 0 saturated heterocycles. The van der Waals surface area contributed by atoms with E-state index >= 15 is 0 Å². The van der Waals surface area contributed by atoms with Gasteiger partial charge in [-0.2, -0.15) is 0 Å². The van der Waals surface area contributed by atoms with E-state index in [0.29, 0.717) is 5.92 Å². The molecule has 0 spiro atoms. The van der Waals surface area contributed by atoms with Crippen molar-refractivity contribution in [3.8, 4) is 27.9 Å². The van der Waals surface area contributed by atoms with Gasteiger partial charge in [0, 0.05) is 32.7 Å². The van der Waals surface area contributed by atoms with Crippen molar-refractivity contribution >= 4 is 72.4 Å². The average molecular weight is 812 g/mol. The summed E-state index contributed by atoms with van der Waals surface area (Å²) >= 11 is 0. The molecular formula is C60H45NO2. The first kappa shape index (κ1) is 37.2. The number of para-hydroxylation sites is 2. The molecule has 2 atom stereocenters. The second-order valence-electron chi connectivity index (χ2n) is 17.0. The van der Waals surface area contributed by atoms with Crippen LogP contribution in [0.1, 0.15) is 65.7 Å². The summed E-state index contributed by atoms with van der Waals surface area (Å²) in [4.78, 5) is 0. The maximum Gasteiger partial charge on any atom is 0.143 e. The van der Waals surface area contributed by atoms with Crippen LogP contribution in [0.2, 0.25) is 0 Å². The lowest BCUT2D eigenvalue weighted by atomic mass is 9.69. The fraction of sp³-hybridized carbons (Fsp3) is 0.100. The molecule has 12 rings (SSSR count). The summed E-state index contributed by atoms with van der Waals surface area (Å²) < 4.78 is 15.6. The van der Waals surface area contributed by atoms with E-state index in [1.807, 2.05) is 12.1 Å². The van der Waals surface area contributed by atoms with Crippen molar-refractivity contribution in [3.05, 3.63) is 216 Å². The van der Waals surface area contributed by atoms with E-state index < -0.39 is 0 Å². The highest BCUT2D eigenvalue weighted by Crippen LogP contribution is 2.53. The molecule has 0 fully saturated rings. The number of furan rings is 2. The highest BCUT2D eigenvalue weighted by atomic mass is 16.3. The Bertz CT molecular complexity index is 3630. The molecule has 302 valence electrons. The van der Waals surface area contributed by atoms with Gasteiger partial charge in [0.15, 0.2) is 0 Å². The quantitative estimate of drug-likeness (QED) is 0.161. The molecule has 3 heterocycles. The average Bonchev–Trinajstić information content (AvgIpc) is 3.91. The predicted octanol–water partition coefficient (Wildman–Crippen LogP) is 16.8. The maximum absolute atomic E-state index is 6.65. The molecule has 3 heteroatoms. The van der Waals surface area contributed by atoms with Crippen LogP contribution in [-0.4, -0.2) is 4.57 Å². The van der Waals surface area contributed by atoms with Crippen molar-refractivity contribution in [2.75, 3.05) is 0 Å². The molecule has 0 saturated carbocycles. The Morgan fingerprint density at radius 2 is 1.46 bits per heavy atom. The van der Waals surface area contributed by atoms with Crippen LogP contribution in [0.3, 0.4) is 0 Å². The fourth-order valence-electron chi connectivity index (χ4n) is 10.9. The van der Waals surface area contributed by atoms with E-state index in [-0.39, 0.29) is 5.92 Å². The first-order chi connectivity index (χ1) is 31.1. The first-order valence-corrected chi connectivity index (χ1v) is 22.1. The normalized spacial score (nSPS) is 16.1. The Hall–Kier alpha value is -7.62. The zero-order valence-electron chi connectivity index (χ0n) is 35.4. The number of hydrogen-bond acceptors (Lipinski definition) is 2. The number of benzene rings is 7. The summed E-state index contributed by atoms with van der Waals surface area (Å²) in [6.07, 6.45) is 19.1. The number of aromatic nitrogens is 1. The summed E-state index contributed by atoms with van der Waals surface area (Å²) in [5.41, 5.74) is 18.7. The number of hydrogen-bond donors (Lipinski definition) is 0. The molecule has 0 bridgehead atoms. The SMILES string of the molecule is C=Cc1oc2cccc(-n3c4ccc(-c5cccc6c5oc5ccccc56)cc4c4c5c(ccc43)C(Cc3ccccc3C3=CCC=CC=C3)C(C)c3ccccc3-5)c2c1/C=C\C. The number of allylic oxidation sites excluding steroid dienone is 7. The van der Waals surface area contributed by atoms with Gasteiger partial charge in [0.2, 0.25) is 0 Å². The van der Waals surface area contributed by atoms with Crippen molar-refractivity contribution in [2.24, 2.45) is 0 Å². The molecule has 3 nitrogen and oxygen atoms in total. The maximum atomic E-state index is 6.65. The molecule has 0 aliphatic heterocycles. The van der Waals surface area contributed by atoms with Gasteiger partial charge in [0.25, 0.3) is 0 Å². The third-order valence-corrected chi connectivity index (χ3v) is 13.7. The molecule has 63 heavy (non-hydrogen) atoms. The van der Waals surface area contributed by atoms with E-state index in [0.717, 1.165) is 84.9 Å². The van der Waals surface area contributed by atoms with Gasteiger partial charge in [-0.1, -0.05) is 159 Å². The van der Waals surface area contributed by atoms with E-state index in [9.17, 15) is 0 Å². The van der Waals surface area contributed by atoms with E-state index in [2.05, 4.69) is 201 Å².